The van der Waals surface area contributed by atoms with Crippen LogP contribution in [0.4, 0.5) is 0 Å². The molecule has 2 N–H and O–H groups in total. The van der Waals surface area contributed by atoms with E-state index in [1.165, 1.54) is 24.6 Å². The van der Waals surface area contributed by atoms with Gasteiger partial charge in [0.15, 0.2) is 0 Å². The Kier molecular flexibility index (Phi) is 5.20. The van der Waals surface area contributed by atoms with Crippen molar-refractivity contribution in [2.24, 2.45) is 0 Å². The van der Waals surface area contributed by atoms with Gasteiger partial charge in [-0.05, 0) is 18.2 Å². The maximum absolute atomic E-state index is 12.1. The molecule has 3 heterocycles. The van der Waals surface area contributed by atoms with Crippen molar-refractivity contribution in [1.82, 2.24) is 20.3 Å². The Bertz CT molecular complexity index is 921. The number of pyridine rings is 2. The maximum atomic E-state index is 12.1. The number of hydrogen-bond acceptors (Lipinski definition) is 6. The van der Waals surface area contributed by atoms with Crippen LogP contribution in [-0.2, 0) is 17.8 Å². The predicted molar refractivity (Wildman–Crippen MR) is 94.5 cm³/mol. The zero-order valence-corrected chi connectivity index (χ0v) is 14.3. The molecule has 0 fully saturated rings. The molecular formula is C17H16N4O3S. The molecule has 0 bridgehead atoms. The molecule has 1 amide bonds. The molecule has 0 aliphatic carbocycles. The van der Waals surface area contributed by atoms with Crippen LogP contribution < -0.4 is 15.6 Å². The summed E-state index contributed by atoms with van der Waals surface area (Å²) in [6.07, 6.45) is 3.34. The molecule has 8 heteroatoms. The summed E-state index contributed by atoms with van der Waals surface area (Å²) in [6.45, 7) is 0.0927. The van der Waals surface area contributed by atoms with Gasteiger partial charge >= 0.3 is 0 Å². The molecule has 0 aliphatic rings. The highest BCUT2D eigenvalue weighted by Gasteiger charge is 2.12. The molecule has 0 aliphatic heterocycles. The van der Waals surface area contributed by atoms with E-state index in [0.717, 1.165) is 10.7 Å². The Balaban J connectivity index is 1.62. The van der Waals surface area contributed by atoms with Crippen molar-refractivity contribution < 1.29 is 9.53 Å². The van der Waals surface area contributed by atoms with Crippen molar-refractivity contribution in [3.05, 3.63) is 63.7 Å². The monoisotopic (exact) mass is 356 g/mol. The first-order valence-corrected chi connectivity index (χ1v) is 8.42. The van der Waals surface area contributed by atoms with Gasteiger partial charge in [0.05, 0.1) is 37.0 Å². The highest BCUT2D eigenvalue weighted by molar-refractivity contribution is 7.13. The lowest BCUT2D eigenvalue weighted by Gasteiger charge is -2.08. The minimum absolute atomic E-state index is 0.0927. The van der Waals surface area contributed by atoms with Gasteiger partial charge in [-0.15, -0.1) is 11.3 Å². The topological polar surface area (TPSA) is 97.0 Å². The van der Waals surface area contributed by atoms with E-state index < -0.39 is 0 Å². The van der Waals surface area contributed by atoms with Gasteiger partial charge < -0.3 is 15.0 Å². The SMILES string of the molecule is COc1cc[nH]c(=O)c1CNC(=O)Cc1csc(-c2ccccn2)n1. The van der Waals surface area contributed by atoms with E-state index in [9.17, 15) is 9.59 Å². The zero-order chi connectivity index (χ0) is 17.6. The van der Waals surface area contributed by atoms with Crippen LogP contribution in [-0.4, -0.2) is 28.0 Å². The van der Waals surface area contributed by atoms with Crippen LogP contribution in [0.3, 0.4) is 0 Å². The number of rotatable bonds is 6. The number of amides is 1. The third kappa shape index (κ3) is 4.10. The number of hydrogen-bond donors (Lipinski definition) is 2. The normalized spacial score (nSPS) is 10.4. The number of thiazole rings is 1. The third-order valence-electron chi connectivity index (χ3n) is 3.48. The molecule has 3 aromatic heterocycles. The smallest absolute Gasteiger partial charge is 0.256 e. The summed E-state index contributed by atoms with van der Waals surface area (Å²) in [4.78, 5) is 35.2. The minimum atomic E-state index is -0.286. The lowest BCUT2D eigenvalue weighted by Crippen LogP contribution is -2.28. The van der Waals surface area contributed by atoms with Gasteiger partial charge in [-0.2, -0.15) is 0 Å². The van der Waals surface area contributed by atoms with E-state index in [1.807, 2.05) is 23.6 Å². The van der Waals surface area contributed by atoms with Gasteiger partial charge in [0, 0.05) is 17.8 Å². The number of nitrogens with zero attached hydrogens (tertiary/aromatic N) is 2. The summed E-state index contributed by atoms with van der Waals surface area (Å²) in [7, 11) is 1.48. The van der Waals surface area contributed by atoms with Crippen LogP contribution in [0.1, 0.15) is 11.3 Å². The molecule has 0 spiro atoms. The van der Waals surface area contributed by atoms with E-state index in [-0.39, 0.29) is 24.4 Å². The molecule has 3 rings (SSSR count). The highest BCUT2D eigenvalue weighted by Crippen LogP contribution is 2.21. The summed E-state index contributed by atoms with van der Waals surface area (Å²) >= 11 is 1.44. The van der Waals surface area contributed by atoms with E-state index in [2.05, 4.69) is 20.3 Å². The fraction of sp³-hybridized carbons (Fsp3) is 0.176. The van der Waals surface area contributed by atoms with Crippen LogP contribution in [0.15, 0.2) is 46.8 Å². The molecule has 25 heavy (non-hydrogen) atoms. The second kappa shape index (κ2) is 7.71. The number of nitrogens with one attached hydrogen (secondary N) is 2. The standard InChI is InChI=1S/C17H16N4O3S/c1-24-14-5-7-19-16(23)12(14)9-20-15(22)8-11-10-25-17(21-11)13-4-2-3-6-18-13/h2-7,10H,8-9H2,1H3,(H,19,23)(H,20,22). The number of methoxy groups -OCH3 is 1. The summed E-state index contributed by atoms with van der Waals surface area (Å²) in [5.41, 5.74) is 1.54. The Morgan fingerprint density at radius 3 is 3.00 bits per heavy atom. The second-order valence-corrected chi connectivity index (χ2v) is 6.02. The molecule has 128 valence electrons. The van der Waals surface area contributed by atoms with Gasteiger partial charge in [0.2, 0.25) is 5.91 Å². The van der Waals surface area contributed by atoms with E-state index >= 15 is 0 Å². The first kappa shape index (κ1) is 16.8. The fourth-order valence-corrected chi connectivity index (χ4v) is 3.06. The Morgan fingerprint density at radius 2 is 2.24 bits per heavy atom. The fourth-order valence-electron chi connectivity index (χ4n) is 2.26. The van der Waals surface area contributed by atoms with Crippen LogP contribution in [0.25, 0.3) is 10.7 Å². The third-order valence-corrected chi connectivity index (χ3v) is 4.39. The average molecular weight is 356 g/mol. The molecule has 0 aromatic carbocycles. The molecule has 3 aromatic rings. The van der Waals surface area contributed by atoms with Gasteiger partial charge in [0.25, 0.3) is 5.56 Å². The Morgan fingerprint density at radius 1 is 1.36 bits per heavy atom. The summed E-state index contributed by atoms with van der Waals surface area (Å²) < 4.78 is 5.14. The van der Waals surface area contributed by atoms with Crippen molar-refractivity contribution in [3.63, 3.8) is 0 Å². The van der Waals surface area contributed by atoms with Crippen molar-refractivity contribution in [2.45, 2.75) is 13.0 Å². The Hall–Kier alpha value is -3.00. The summed E-state index contributed by atoms with van der Waals surface area (Å²) in [6, 6.07) is 7.24. The van der Waals surface area contributed by atoms with Crippen molar-refractivity contribution in [1.29, 1.82) is 0 Å². The van der Waals surface area contributed by atoms with Crippen molar-refractivity contribution >= 4 is 17.2 Å². The van der Waals surface area contributed by atoms with Crippen LogP contribution in [0, 0.1) is 0 Å². The van der Waals surface area contributed by atoms with Gasteiger partial charge in [-0.1, -0.05) is 6.07 Å². The molecule has 0 saturated heterocycles. The summed E-state index contributed by atoms with van der Waals surface area (Å²) in [5, 5.41) is 5.32. The number of carbonyl (C=O) groups is 1. The first-order valence-electron chi connectivity index (χ1n) is 7.54. The number of aromatic amines is 1. The minimum Gasteiger partial charge on any atom is -0.496 e. The molecule has 0 unspecified atom stereocenters. The number of H-pyrrole nitrogens is 1. The van der Waals surface area contributed by atoms with E-state index in [0.29, 0.717) is 17.0 Å². The highest BCUT2D eigenvalue weighted by atomic mass is 32.1. The van der Waals surface area contributed by atoms with Gasteiger partial charge in [-0.3, -0.25) is 14.6 Å². The lowest BCUT2D eigenvalue weighted by molar-refractivity contribution is -0.120. The average Bonchev–Trinajstić information content (AvgIpc) is 3.09. The van der Waals surface area contributed by atoms with Gasteiger partial charge in [-0.25, -0.2) is 4.98 Å². The second-order valence-electron chi connectivity index (χ2n) is 5.17. The van der Waals surface area contributed by atoms with Crippen LogP contribution in [0.5, 0.6) is 5.75 Å². The molecule has 0 radical (unpaired) electrons. The van der Waals surface area contributed by atoms with Crippen molar-refractivity contribution in [3.8, 4) is 16.5 Å². The molecule has 0 atom stereocenters. The van der Waals surface area contributed by atoms with E-state index in [4.69, 9.17) is 4.74 Å². The number of ether oxygens (including phenoxy) is 1. The predicted octanol–water partition coefficient (Wildman–Crippen LogP) is 1.76. The van der Waals surface area contributed by atoms with Crippen LogP contribution in [0.2, 0.25) is 0 Å². The quantitative estimate of drug-likeness (QED) is 0.701. The molecule has 7 nitrogen and oxygen atoms in total. The van der Waals surface area contributed by atoms with Crippen molar-refractivity contribution in [2.75, 3.05) is 7.11 Å². The Labute approximate surface area is 147 Å². The lowest BCUT2D eigenvalue weighted by atomic mass is 10.2. The molecular weight excluding hydrogens is 340 g/mol. The zero-order valence-electron chi connectivity index (χ0n) is 13.5. The summed E-state index contributed by atoms with van der Waals surface area (Å²) in [5.74, 6) is 0.221. The van der Waals surface area contributed by atoms with Crippen LogP contribution >= 0.6 is 11.3 Å². The first-order chi connectivity index (χ1) is 12.2. The maximum Gasteiger partial charge on any atom is 0.256 e. The number of carbonyl (C=O) groups excluding carboxylic acids is 1. The van der Waals surface area contributed by atoms with E-state index in [1.54, 1.807) is 12.3 Å². The number of aromatic nitrogens is 3. The van der Waals surface area contributed by atoms with Gasteiger partial charge in [0.1, 0.15) is 10.8 Å². The largest absolute Gasteiger partial charge is 0.496 e. The molecule has 0 saturated carbocycles.